The highest BCUT2D eigenvalue weighted by molar-refractivity contribution is 14.1. The number of rotatable bonds is 8. The molecule has 90 valence electrons. The average molecular weight is 331 g/mol. The largest absolute Gasteiger partial charge is 0.464 e. The monoisotopic (exact) mass is 331 g/mol. The first kappa shape index (κ1) is 15.1. The van der Waals surface area contributed by atoms with Gasteiger partial charge in [-0.15, -0.1) is 0 Å². The van der Waals surface area contributed by atoms with Crippen LogP contribution in [-0.4, -0.2) is 64.5 Å². The summed E-state index contributed by atoms with van der Waals surface area (Å²) in [5.74, 6) is -0.233. The van der Waals surface area contributed by atoms with Crippen LogP contribution in [0.15, 0.2) is 0 Å². The fourth-order valence-corrected chi connectivity index (χ4v) is 1.19. The number of aliphatic hydroxyl groups is 2. The summed E-state index contributed by atoms with van der Waals surface area (Å²) in [5, 5.41) is 17.5. The van der Waals surface area contributed by atoms with Crippen molar-refractivity contribution in [3.63, 3.8) is 0 Å². The topological polar surface area (TPSA) is 70.0 Å². The van der Waals surface area contributed by atoms with Gasteiger partial charge in [-0.25, -0.2) is 0 Å². The fourth-order valence-electron chi connectivity index (χ4n) is 1.01. The molecule has 0 aromatic heterocycles. The van der Waals surface area contributed by atoms with Crippen molar-refractivity contribution in [2.24, 2.45) is 0 Å². The number of hydrogen-bond donors (Lipinski definition) is 2. The molecule has 0 heterocycles. The molecule has 0 rings (SSSR count). The Morgan fingerprint density at radius 3 is 2.27 bits per heavy atom. The van der Waals surface area contributed by atoms with E-state index in [1.54, 1.807) is 6.92 Å². The summed E-state index contributed by atoms with van der Waals surface area (Å²) in [7, 11) is 0. The first-order valence-electron chi connectivity index (χ1n) is 4.86. The van der Waals surface area contributed by atoms with Crippen LogP contribution in [0.1, 0.15) is 6.92 Å². The minimum atomic E-state index is -0.233. The van der Waals surface area contributed by atoms with Gasteiger partial charge in [-0.2, -0.15) is 0 Å². The molecule has 15 heavy (non-hydrogen) atoms. The summed E-state index contributed by atoms with van der Waals surface area (Å²) in [6, 6.07) is 0. The molecule has 0 aromatic carbocycles. The predicted octanol–water partition coefficient (Wildman–Crippen LogP) is -0.360. The third-order valence-electron chi connectivity index (χ3n) is 1.81. The Hall–Kier alpha value is 0.0800. The first-order valence-corrected chi connectivity index (χ1v) is 6.11. The number of aliphatic hydroxyl groups excluding tert-OH is 2. The Bertz CT molecular complexity index is 171. The highest BCUT2D eigenvalue weighted by Gasteiger charge is 2.10. The molecule has 1 atom stereocenters. The zero-order chi connectivity index (χ0) is 11.7. The van der Waals surface area contributed by atoms with Crippen LogP contribution in [0.3, 0.4) is 0 Å². The molecule has 0 aliphatic carbocycles. The Morgan fingerprint density at radius 1 is 1.33 bits per heavy atom. The molecule has 0 aliphatic heterocycles. The molecule has 0 radical (unpaired) electrons. The second-order valence-corrected chi connectivity index (χ2v) is 4.94. The quantitative estimate of drug-likeness (QED) is 0.361. The second kappa shape index (κ2) is 9.32. The zero-order valence-electron chi connectivity index (χ0n) is 8.86. The average Bonchev–Trinajstić information content (AvgIpc) is 2.18. The van der Waals surface area contributed by atoms with Crippen LogP contribution in [0.2, 0.25) is 0 Å². The predicted molar refractivity (Wildman–Crippen MR) is 65.1 cm³/mol. The maximum Gasteiger partial charge on any atom is 0.318 e. The molecule has 0 saturated heterocycles. The Balaban J connectivity index is 3.65. The summed E-state index contributed by atoms with van der Waals surface area (Å²) in [5.41, 5.74) is 0. The molecule has 1 unspecified atom stereocenters. The van der Waals surface area contributed by atoms with Gasteiger partial charge < -0.3 is 14.9 Å². The van der Waals surface area contributed by atoms with Crippen LogP contribution in [0.4, 0.5) is 0 Å². The van der Waals surface area contributed by atoms with Gasteiger partial charge in [0.1, 0.15) is 10.5 Å². The lowest BCUT2D eigenvalue weighted by Crippen LogP contribution is -2.33. The van der Waals surface area contributed by atoms with Gasteiger partial charge in [0.15, 0.2) is 0 Å². The summed E-state index contributed by atoms with van der Waals surface area (Å²) < 4.78 is 4.83. The molecular weight excluding hydrogens is 313 g/mol. The van der Waals surface area contributed by atoms with Crippen LogP contribution in [0, 0.1) is 0 Å². The van der Waals surface area contributed by atoms with E-state index in [9.17, 15) is 4.79 Å². The molecule has 0 saturated carbocycles. The van der Waals surface area contributed by atoms with Crippen LogP contribution in [0.5, 0.6) is 0 Å². The standard InChI is InChI=1S/C9H18INO4/c1-8(10)9(14)15-7-4-11(2-5-12)3-6-13/h8,12-13H,2-7H2,1H3. The van der Waals surface area contributed by atoms with Crippen molar-refractivity contribution in [3.05, 3.63) is 0 Å². The highest BCUT2D eigenvalue weighted by Crippen LogP contribution is 2.00. The van der Waals surface area contributed by atoms with Crippen molar-refractivity contribution in [2.75, 3.05) is 39.5 Å². The van der Waals surface area contributed by atoms with Gasteiger partial charge in [-0.1, -0.05) is 22.6 Å². The van der Waals surface area contributed by atoms with Gasteiger partial charge in [-0.3, -0.25) is 9.69 Å². The summed E-state index contributed by atoms with van der Waals surface area (Å²) in [6.45, 7) is 3.65. The smallest absolute Gasteiger partial charge is 0.318 e. The molecule has 0 fully saturated rings. The van der Waals surface area contributed by atoms with E-state index in [0.717, 1.165) is 0 Å². The van der Waals surface area contributed by atoms with E-state index in [-0.39, 0.29) is 23.1 Å². The summed E-state index contributed by atoms with van der Waals surface area (Å²) in [4.78, 5) is 12.9. The number of ether oxygens (including phenoxy) is 1. The van der Waals surface area contributed by atoms with Gasteiger partial charge in [-0.05, 0) is 6.92 Å². The van der Waals surface area contributed by atoms with Crippen LogP contribution < -0.4 is 0 Å². The maximum atomic E-state index is 11.1. The molecule has 0 aliphatic rings. The van der Waals surface area contributed by atoms with E-state index in [1.165, 1.54) is 0 Å². The molecule has 0 bridgehead atoms. The zero-order valence-corrected chi connectivity index (χ0v) is 11.0. The van der Waals surface area contributed by atoms with Crippen molar-refractivity contribution < 1.29 is 19.7 Å². The van der Waals surface area contributed by atoms with Gasteiger partial charge in [0.25, 0.3) is 0 Å². The van der Waals surface area contributed by atoms with Crippen molar-refractivity contribution in [1.29, 1.82) is 0 Å². The Kier molecular flexibility index (Phi) is 9.37. The lowest BCUT2D eigenvalue weighted by molar-refractivity contribution is -0.142. The molecule has 0 amide bonds. The van der Waals surface area contributed by atoms with Gasteiger partial charge in [0.2, 0.25) is 0 Å². The third-order valence-corrected chi connectivity index (χ3v) is 2.32. The number of alkyl halides is 1. The van der Waals surface area contributed by atoms with E-state index in [2.05, 4.69) is 0 Å². The van der Waals surface area contributed by atoms with E-state index < -0.39 is 0 Å². The number of halogens is 1. The third kappa shape index (κ3) is 7.95. The van der Waals surface area contributed by atoms with E-state index >= 15 is 0 Å². The van der Waals surface area contributed by atoms with Crippen LogP contribution in [-0.2, 0) is 9.53 Å². The van der Waals surface area contributed by atoms with Crippen molar-refractivity contribution in [2.45, 2.75) is 10.8 Å². The van der Waals surface area contributed by atoms with Gasteiger partial charge in [0, 0.05) is 19.6 Å². The van der Waals surface area contributed by atoms with Crippen molar-refractivity contribution in [3.8, 4) is 0 Å². The first-order chi connectivity index (χ1) is 7.11. The van der Waals surface area contributed by atoms with Crippen LogP contribution >= 0.6 is 22.6 Å². The Labute approximate surface area is 104 Å². The van der Waals surface area contributed by atoms with E-state index in [4.69, 9.17) is 14.9 Å². The number of nitrogens with zero attached hydrogens (tertiary/aromatic N) is 1. The van der Waals surface area contributed by atoms with Crippen molar-refractivity contribution in [1.82, 2.24) is 4.90 Å². The summed E-state index contributed by atoms with van der Waals surface area (Å²) in [6.07, 6.45) is 0. The van der Waals surface area contributed by atoms with Crippen molar-refractivity contribution >= 4 is 28.6 Å². The lowest BCUT2D eigenvalue weighted by Gasteiger charge is -2.19. The minimum absolute atomic E-state index is 0.0383. The molecule has 0 aromatic rings. The minimum Gasteiger partial charge on any atom is -0.464 e. The maximum absolute atomic E-state index is 11.1. The van der Waals surface area contributed by atoms with E-state index in [0.29, 0.717) is 26.2 Å². The van der Waals surface area contributed by atoms with Crippen LogP contribution in [0.25, 0.3) is 0 Å². The molecule has 5 nitrogen and oxygen atoms in total. The van der Waals surface area contributed by atoms with Gasteiger partial charge >= 0.3 is 5.97 Å². The molecule has 2 N–H and O–H groups in total. The number of hydrogen-bond acceptors (Lipinski definition) is 5. The Morgan fingerprint density at radius 2 is 1.87 bits per heavy atom. The highest BCUT2D eigenvalue weighted by atomic mass is 127. The molecular formula is C9H18INO4. The second-order valence-electron chi connectivity index (χ2n) is 3.07. The number of esters is 1. The molecule has 0 spiro atoms. The van der Waals surface area contributed by atoms with Gasteiger partial charge in [0.05, 0.1) is 13.2 Å². The normalized spacial score (nSPS) is 12.9. The number of carbonyl (C=O) groups is 1. The molecule has 6 heteroatoms. The fraction of sp³-hybridized carbons (Fsp3) is 0.889. The number of carbonyl (C=O) groups excluding carboxylic acids is 1. The van der Waals surface area contributed by atoms with E-state index in [1.807, 2.05) is 27.5 Å². The lowest BCUT2D eigenvalue weighted by atomic mass is 10.4. The SMILES string of the molecule is CC(I)C(=O)OCCN(CCO)CCO. The summed E-state index contributed by atoms with van der Waals surface area (Å²) >= 11 is 1.99.